The summed E-state index contributed by atoms with van der Waals surface area (Å²) in [6.45, 7) is 3.77. The molecule has 0 aliphatic carbocycles. The molecule has 3 heterocycles. The molecule has 0 amide bonds. The number of benzene rings is 3. The van der Waals surface area contributed by atoms with Gasteiger partial charge in [0.25, 0.3) is 0 Å². The fraction of sp³-hybridized carbons (Fsp3) is 0.310. The molecule has 3 aromatic rings. The van der Waals surface area contributed by atoms with E-state index in [1.54, 1.807) is 0 Å². The summed E-state index contributed by atoms with van der Waals surface area (Å²) in [5, 5.41) is 0. The van der Waals surface area contributed by atoms with E-state index in [2.05, 4.69) is 60.7 Å². The molecule has 0 saturated carbocycles. The Kier molecular flexibility index (Phi) is 5.97. The highest BCUT2D eigenvalue weighted by Crippen LogP contribution is 2.47. The molecule has 3 aliphatic rings. The van der Waals surface area contributed by atoms with Crippen LogP contribution in [0.2, 0.25) is 0 Å². The van der Waals surface area contributed by atoms with Gasteiger partial charge in [-0.1, -0.05) is 36.4 Å². The van der Waals surface area contributed by atoms with Gasteiger partial charge in [-0.15, -0.1) is 0 Å². The molecule has 3 fully saturated rings. The molecule has 2 bridgehead atoms. The summed E-state index contributed by atoms with van der Waals surface area (Å²) in [6, 6.07) is 25.2. The Balaban J connectivity index is 1.18. The largest absolute Gasteiger partial charge is 0.481 e. The highest BCUT2D eigenvalue weighted by molar-refractivity contribution is 7.97. The maximum absolute atomic E-state index is 12.6. The Morgan fingerprint density at radius 3 is 2.14 bits per heavy atom. The number of carbonyl (C=O) groups excluding carboxylic acids is 2. The van der Waals surface area contributed by atoms with E-state index in [1.807, 2.05) is 26.0 Å². The second-order valence-electron chi connectivity index (χ2n) is 9.44. The minimum atomic E-state index is -0.558. The fourth-order valence-electron chi connectivity index (χ4n) is 5.48. The summed E-state index contributed by atoms with van der Waals surface area (Å²) in [7, 11) is -0.267. The second kappa shape index (κ2) is 9.30. The van der Waals surface area contributed by atoms with Crippen LogP contribution >= 0.6 is 0 Å². The Bertz CT molecular complexity index is 1230. The third-order valence-electron chi connectivity index (χ3n) is 7.01. The minimum Gasteiger partial charge on any atom is -0.481 e. The number of aryl methyl sites for hydroxylation is 2. The van der Waals surface area contributed by atoms with Crippen molar-refractivity contribution in [3.63, 3.8) is 0 Å². The molecule has 5 unspecified atom stereocenters. The van der Waals surface area contributed by atoms with E-state index in [9.17, 15) is 9.59 Å². The molecule has 0 spiro atoms. The first-order valence-corrected chi connectivity index (χ1v) is 13.4. The summed E-state index contributed by atoms with van der Waals surface area (Å²) in [6.07, 6.45) is -1.08. The Morgan fingerprint density at radius 1 is 0.917 bits per heavy atom. The van der Waals surface area contributed by atoms with Gasteiger partial charge in [0, 0.05) is 12.1 Å². The normalized spacial score (nSPS) is 25.8. The van der Waals surface area contributed by atoms with Crippen molar-refractivity contribution in [3.05, 3.63) is 83.9 Å². The van der Waals surface area contributed by atoms with Gasteiger partial charge in [-0.05, 0) is 55.7 Å². The van der Waals surface area contributed by atoms with Crippen molar-refractivity contribution in [2.75, 3.05) is 6.61 Å². The van der Waals surface area contributed by atoms with Crippen LogP contribution in [-0.2, 0) is 34.7 Å². The van der Waals surface area contributed by atoms with Crippen molar-refractivity contribution in [3.8, 4) is 5.75 Å². The molecule has 7 heteroatoms. The zero-order valence-corrected chi connectivity index (χ0v) is 20.9. The predicted molar refractivity (Wildman–Crippen MR) is 133 cm³/mol. The molecule has 0 N–H and O–H groups in total. The molecule has 3 aromatic carbocycles. The van der Waals surface area contributed by atoms with E-state index in [-0.39, 0.29) is 41.6 Å². The summed E-state index contributed by atoms with van der Waals surface area (Å²) < 4.78 is 22.8. The van der Waals surface area contributed by atoms with Gasteiger partial charge in [0.2, 0.25) is 0 Å². The molecule has 6 rings (SSSR count). The van der Waals surface area contributed by atoms with Crippen LogP contribution in [-0.4, -0.2) is 43.0 Å². The molecule has 0 radical (unpaired) electrons. The van der Waals surface area contributed by atoms with Crippen molar-refractivity contribution < 1.29 is 28.5 Å². The lowest BCUT2D eigenvalue weighted by Gasteiger charge is -2.22. The smallest absolute Gasteiger partial charge is 0.344 e. The minimum absolute atomic E-state index is 0.216. The van der Waals surface area contributed by atoms with Crippen LogP contribution in [0.25, 0.3) is 0 Å². The quantitative estimate of drug-likeness (QED) is 0.352. The maximum Gasteiger partial charge on any atom is 0.344 e. The van der Waals surface area contributed by atoms with Gasteiger partial charge >= 0.3 is 11.9 Å². The van der Waals surface area contributed by atoms with Crippen LogP contribution in [0.4, 0.5) is 0 Å². The fourth-order valence-corrected chi connectivity index (χ4v) is 7.74. The molecule has 36 heavy (non-hydrogen) atoms. The van der Waals surface area contributed by atoms with Crippen molar-refractivity contribution in [2.24, 2.45) is 5.92 Å². The summed E-state index contributed by atoms with van der Waals surface area (Å²) in [5.41, 5.74) is 1.91. The highest BCUT2D eigenvalue weighted by atomic mass is 32.2. The van der Waals surface area contributed by atoms with Crippen LogP contribution in [0.3, 0.4) is 0 Å². The van der Waals surface area contributed by atoms with E-state index in [0.717, 1.165) is 11.1 Å². The maximum atomic E-state index is 12.6. The van der Waals surface area contributed by atoms with Gasteiger partial charge in [-0.2, -0.15) is 0 Å². The number of carbonyl (C=O) groups is 2. The summed E-state index contributed by atoms with van der Waals surface area (Å²) in [5.74, 6) is -0.284. The SMILES string of the molecule is Cc1cc([S+](c2ccccc2)c2ccccc2)cc(C)c1OCC(=O)OC1C2CC3C(=O)OC1C3O2. The Morgan fingerprint density at radius 2 is 1.53 bits per heavy atom. The Labute approximate surface area is 212 Å². The van der Waals surface area contributed by atoms with Gasteiger partial charge in [0.05, 0.1) is 22.9 Å². The number of ether oxygens (including phenoxy) is 4. The zero-order valence-electron chi connectivity index (χ0n) is 20.1. The van der Waals surface area contributed by atoms with Gasteiger partial charge in [0.1, 0.15) is 11.9 Å². The van der Waals surface area contributed by atoms with Crippen LogP contribution in [0.15, 0.2) is 87.5 Å². The van der Waals surface area contributed by atoms with Gasteiger partial charge < -0.3 is 18.9 Å². The number of fused-ring (bicyclic) bond motifs is 1. The highest BCUT2D eigenvalue weighted by Gasteiger charge is 2.65. The van der Waals surface area contributed by atoms with Gasteiger partial charge in [-0.25, -0.2) is 4.79 Å². The molecule has 184 valence electrons. The third-order valence-corrected chi connectivity index (χ3v) is 9.21. The number of rotatable bonds is 7. The van der Waals surface area contributed by atoms with Crippen molar-refractivity contribution >= 4 is 22.8 Å². The number of hydrogen-bond donors (Lipinski definition) is 0. The summed E-state index contributed by atoms with van der Waals surface area (Å²) >= 11 is 0. The molecular weight excluding hydrogens is 476 g/mol. The molecular formula is C29H27O6S+. The van der Waals surface area contributed by atoms with Crippen LogP contribution in [0.1, 0.15) is 17.5 Å². The first-order chi connectivity index (χ1) is 17.5. The van der Waals surface area contributed by atoms with Crippen LogP contribution in [0.5, 0.6) is 5.75 Å². The standard InChI is InChI=1S/C29H27O6S/c1-17-13-21(36(19-9-5-3-6-10-19)20-11-7-4-8-12-20)14-18(2)25(17)32-16-24(30)34-27-23-15-22-26(33-23)28(27)35-29(22)31/h3-14,22-23,26-28H,15-16H2,1-2H3/q+1. The summed E-state index contributed by atoms with van der Waals surface area (Å²) in [4.78, 5) is 28.2. The van der Waals surface area contributed by atoms with Crippen LogP contribution < -0.4 is 4.74 Å². The molecule has 3 aliphatic heterocycles. The number of esters is 2. The van der Waals surface area contributed by atoms with Crippen molar-refractivity contribution in [1.82, 2.24) is 0 Å². The lowest BCUT2D eigenvalue weighted by molar-refractivity contribution is -0.162. The van der Waals surface area contributed by atoms with Gasteiger partial charge in [-0.3, -0.25) is 4.79 Å². The Hall–Kier alpha value is -3.29. The van der Waals surface area contributed by atoms with E-state index in [4.69, 9.17) is 18.9 Å². The average Bonchev–Trinajstić information content (AvgIpc) is 3.51. The lowest BCUT2D eigenvalue weighted by Crippen LogP contribution is -2.40. The van der Waals surface area contributed by atoms with Crippen molar-refractivity contribution in [2.45, 2.75) is 59.4 Å². The first kappa shape index (κ1) is 23.1. The molecule has 3 saturated heterocycles. The van der Waals surface area contributed by atoms with E-state index in [0.29, 0.717) is 12.2 Å². The van der Waals surface area contributed by atoms with E-state index < -0.39 is 18.2 Å². The zero-order chi connectivity index (χ0) is 24.8. The molecule has 5 atom stereocenters. The lowest BCUT2D eigenvalue weighted by atomic mass is 9.88. The van der Waals surface area contributed by atoms with Gasteiger partial charge in [0.15, 0.2) is 33.5 Å². The number of hydrogen-bond acceptors (Lipinski definition) is 6. The third kappa shape index (κ3) is 4.06. The average molecular weight is 504 g/mol. The topological polar surface area (TPSA) is 71.1 Å². The monoisotopic (exact) mass is 503 g/mol. The predicted octanol–water partition coefficient (Wildman–Crippen LogP) is 4.40. The van der Waals surface area contributed by atoms with Crippen molar-refractivity contribution in [1.29, 1.82) is 0 Å². The first-order valence-electron chi connectivity index (χ1n) is 12.1. The van der Waals surface area contributed by atoms with E-state index in [1.165, 1.54) is 14.7 Å². The molecule has 6 nitrogen and oxygen atoms in total. The molecule has 0 aromatic heterocycles. The van der Waals surface area contributed by atoms with Crippen LogP contribution in [0, 0.1) is 19.8 Å². The second-order valence-corrected chi connectivity index (χ2v) is 11.5. The van der Waals surface area contributed by atoms with E-state index >= 15 is 0 Å².